The summed E-state index contributed by atoms with van der Waals surface area (Å²) in [5, 5.41) is 3.85. The minimum Gasteiger partial charge on any atom is -0.313 e. The summed E-state index contributed by atoms with van der Waals surface area (Å²) in [6.07, 6.45) is 6.72. The Morgan fingerprint density at radius 3 is 2.48 bits per heavy atom. The van der Waals surface area contributed by atoms with Crippen molar-refractivity contribution in [3.05, 3.63) is 35.9 Å². The molecule has 1 N–H and O–H groups in total. The Balaban J connectivity index is 1.80. The van der Waals surface area contributed by atoms with Crippen LogP contribution in [0.25, 0.3) is 0 Å². The van der Waals surface area contributed by atoms with Crippen molar-refractivity contribution in [1.82, 2.24) is 10.2 Å². The molecule has 2 nitrogen and oxygen atoms in total. The van der Waals surface area contributed by atoms with Crippen LogP contribution in [0.5, 0.6) is 0 Å². The molecule has 1 saturated carbocycles. The molecule has 0 aliphatic heterocycles. The van der Waals surface area contributed by atoms with Crippen molar-refractivity contribution >= 4 is 0 Å². The molecule has 1 aromatic carbocycles. The van der Waals surface area contributed by atoms with E-state index in [1.807, 2.05) is 0 Å². The van der Waals surface area contributed by atoms with E-state index in [1.165, 1.54) is 57.3 Å². The van der Waals surface area contributed by atoms with E-state index in [1.54, 1.807) is 0 Å². The van der Waals surface area contributed by atoms with Gasteiger partial charge in [-0.25, -0.2) is 0 Å². The van der Waals surface area contributed by atoms with E-state index in [-0.39, 0.29) is 0 Å². The van der Waals surface area contributed by atoms with Gasteiger partial charge in [-0.05, 0) is 56.9 Å². The van der Waals surface area contributed by atoms with Gasteiger partial charge in [0, 0.05) is 6.04 Å². The van der Waals surface area contributed by atoms with Crippen LogP contribution in [0.2, 0.25) is 0 Å². The fraction of sp³-hybridized carbons (Fsp3) is 0.684. The van der Waals surface area contributed by atoms with Crippen LogP contribution in [0.1, 0.15) is 57.4 Å². The average Bonchev–Trinajstić information content (AvgIpc) is 2.56. The molecule has 0 spiro atoms. The second-order valence-electron chi connectivity index (χ2n) is 6.24. The van der Waals surface area contributed by atoms with Crippen molar-refractivity contribution in [3.63, 3.8) is 0 Å². The monoisotopic (exact) mass is 288 g/mol. The maximum atomic E-state index is 3.85. The molecular weight excluding hydrogens is 256 g/mol. The lowest BCUT2D eigenvalue weighted by Gasteiger charge is -2.33. The van der Waals surface area contributed by atoms with Crippen LogP contribution >= 0.6 is 0 Å². The molecule has 0 aromatic heterocycles. The Morgan fingerprint density at radius 2 is 1.76 bits per heavy atom. The third-order valence-corrected chi connectivity index (χ3v) is 4.95. The molecule has 0 heterocycles. The highest BCUT2D eigenvalue weighted by Gasteiger charge is 2.25. The SMILES string of the molecule is CCN(CC)CCCNC1CCCCC1c1ccccc1. The number of rotatable bonds is 8. The van der Waals surface area contributed by atoms with Crippen LogP contribution in [0.3, 0.4) is 0 Å². The summed E-state index contributed by atoms with van der Waals surface area (Å²) >= 11 is 0. The van der Waals surface area contributed by atoms with E-state index in [2.05, 4.69) is 54.4 Å². The number of nitrogens with one attached hydrogen (secondary N) is 1. The fourth-order valence-electron chi connectivity index (χ4n) is 3.60. The number of nitrogens with zero attached hydrogens (tertiary/aromatic N) is 1. The molecule has 1 aliphatic rings. The van der Waals surface area contributed by atoms with Crippen molar-refractivity contribution < 1.29 is 0 Å². The molecule has 2 heteroatoms. The topological polar surface area (TPSA) is 15.3 Å². The van der Waals surface area contributed by atoms with Crippen molar-refractivity contribution in [2.24, 2.45) is 0 Å². The Hall–Kier alpha value is -0.860. The van der Waals surface area contributed by atoms with Crippen LogP contribution in [0.4, 0.5) is 0 Å². The Labute approximate surface area is 130 Å². The van der Waals surface area contributed by atoms with Crippen LogP contribution in [0.15, 0.2) is 30.3 Å². The second-order valence-corrected chi connectivity index (χ2v) is 6.24. The highest BCUT2D eigenvalue weighted by molar-refractivity contribution is 5.21. The first-order valence-electron chi connectivity index (χ1n) is 8.85. The van der Waals surface area contributed by atoms with Gasteiger partial charge in [0.15, 0.2) is 0 Å². The third-order valence-electron chi connectivity index (χ3n) is 4.95. The molecule has 0 radical (unpaired) electrons. The van der Waals surface area contributed by atoms with Crippen LogP contribution in [-0.2, 0) is 0 Å². The first-order chi connectivity index (χ1) is 10.3. The fourth-order valence-corrected chi connectivity index (χ4v) is 3.60. The highest BCUT2D eigenvalue weighted by Crippen LogP contribution is 2.32. The van der Waals surface area contributed by atoms with Crippen molar-refractivity contribution in [2.75, 3.05) is 26.2 Å². The van der Waals surface area contributed by atoms with Gasteiger partial charge in [-0.3, -0.25) is 0 Å². The van der Waals surface area contributed by atoms with Crippen LogP contribution in [0, 0.1) is 0 Å². The summed E-state index contributed by atoms with van der Waals surface area (Å²) in [5.41, 5.74) is 1.53. The van der Waals surface area contributed by atoms with Crippen molar-refractivity contribution in [2.45, 2.75) is 57.9 Å². The minimum atomic E-state index is 0.679. The molecule has 2 unspecified atom stereocenters. The van der Waals surface area contributed by atoms with Crippen molar-refractivity contribution in [1.29, 1.82) is 0 Å². The number of hydrogen-bond donors (Lipinski definition) is 1. The van der Waals surface area contributed by atoms with E-state index in [0.29, 0.717) is 12.0 Å². The highest BCUT2D eigenvalue weighted by atomic mass is 15.1. The molecule has 1 aromatic rings. The third kappa shape index (κ3) is 5.12. The van der Waals surface area contributed by atoms with Gasteiger partial charge < -0.3 is 10.2 Å². The molecule has 1 aliphatic carbocycles. The summed E-state index contributed by atoms with van der Waals surface area (Å²) in [6, 6.07) is 11.8. The van der Waals surface area contributed by atoms with Gasteiger partial charge in [-0.15, -0.1) is 0 Å². The Morgan fingerprint density at radius 1 is 1.05 bits per heavy atom. The molecule has 2 atom stereocenters. The van der Waals surface area contributed by atoms with Gasteiger partial charge >= 0.3 is 0 Å². The summed E-state index contributed by atoms with van der Waals surface area (Å²) in [6.45, 7) is 9.24. The van der Waals surface area contributed by atoms with Gasteiger partial charge in [0.2, 0.25) is 0 Å². The summed E-state index contributed by atoms with van der Waals surface area (Å²) in [5.74, 6) is 0.716. The van der Waals surface area contributed by atoms with E-state index < -0.39 is 0 Å². The molecule has 0 bridgehead atoms. The number of benzene rings is 1. The summed E-state index contributed by atoms with van der Waals surface area (Å²) < 4.78 is 0. The smallest absolute Gasteiger partial charge is 0.0136 e. The molecule has 1 fully saturated rings. The molecular formula is C19H32N2. The van der Waals surface area contributed by atoms with Gasteiger partial charge in [-0.1, -0.05) is 57.0 Å². The zero-order chi connectivity index (χ0) is 14.9. The number of hydrogen-bond acceptors (Lipinski definition) is 2. The maximum absolute atomic E-state index is 3.85. The van der Waals surface area contributed by atoms with Crippen molar-refractivity contribution in [3.8, 4) is 0 Å². The predicted octanol–water partition coefficient (Wildman–Crippen LogP) is 4.03. The van der Waals surface area contributed by atoms with E-state index >= 15 is 0 Å². The molecule has 21 heavy (non-hydrogen) atoms. The lowest BCUT2D eigenvalue weighted by molar-refractivity contribution is 0.283. The Kier molecular flexibility index (Phi) is 7.25. The normalized spacial score (nSPS) is 22.6. The Bertz CT molecular complexity index is 372. The molecule has 0 saturated heterocycles. The summed E-state index contributed by atoms with van der Waals surface area (Å²) in [4.78, 5) is 2.51. The molecule has 0 amide bonds. The standard InChI is InChI=1S/C19H32N2/c1-3-21(4-2)16-10-15-20-19-14-9-8-13-18(19)17-11-6-5-7-12-17/h5-7,11-12,18-20H,3-4,8-10,13-16H2,1-2H3. The average molecular weight is 288 g/mol. The van der Waals surface area contributed by atoms with Gasteiger partial charge in [-0.2, -0.15) is 0 Å². The van der Waals surface area contributed by atoms with E-state index in [0.717, 1.165) is 6.54 Å². The minimum absolute atomic E-state index is 0.679. The lowest BCUT2D eigenvalue weighted by atomic mass is 9.80. The first-order valence-corrected chi connectivity index (χ1v) is 8.85. The largest absolute Gasteiger partial charge is 0.313 e. The van der Waals surface area contributed by atoms with Gasteiger partial charge in [0.1, 0.15) is 0 Å². The second kappa shape index (κ2) is 9.22. The van der Waals surface area contributed by atoms with Gasteiger partial charge in [0.25, 0.3) is 0 Å². The quantitative estimate of drug-likeness (QED) is 0.726. The zero-order valence-corrected chi connectivity index (χ0v) is 13.9. The van der Waals surface area contributed by atoms with Crippen LogP contribution < -0.4 is 5.32 Å². The van der Waals surface area contributed by atoms with Crippen LogP contribution in [-0.4, -0.2) is 37.1 Å². The van der Waals surface area contributed by atoms with Gasteiger partial charge in [0.05, 0.1) is 0 Å². The molecule has 118 valence electrons. The summed E-state index contributed by atoms with van der Waals surface area (Å²) in [7, 11) is 0. The zero-order valence-electron chi connectivity index (χ0n) is 13.9. The van der Waals surface area contributed by atoms with E-state index in [4.69, 9.17) is 0 Å². The first kappa shape index (κ1) is 16.5. The van der Waals surface area contributed by atoms with E-state index in [9.17, 15) is 0 Å². The maximum Gasteiger partial charge on any atom is 0.0136 e. The lowest BCUT2D eigenvalue weighted by Crippen LogP contribution is -2.38. The molecule has 2 rings (SSSR count). The predicted molar refractivity (Wildman–Crippen MR) is 91.8 cm³/mol.